The van der Waals surface area contributed by atoms with Crippen molar-refractivity contribution in [2.45, 2.75) is 13.0 Å². The average Bonchev–Trinajstić information content (AvgIpc) is 2.46. The Morgan fingerprint density at radius 2 is 2.05 bits per heavy atom. The molecule has 0 unspecified atom stereocenters. The SMILES string of the molecule is O=C(O)CCN(Cc1ccccc1F)c1ccc(Cl)cn1. The molecule has 1 aromatic heterocycles. The second kappa shape index (κ2) is 7.04. The normalized spacial score (nSPS) is 10.4. The van der Waals surface area contributed by atoms with Gasteiger partial charge < -0.3 is 10.0 Å². The summed E-state index contributed by atoms with van der Waals surface area (Å²) in [6, 6.07) is 9.74. The van der Waals surface area contributed by atoms with Crippen LogP contribution >= 0.6 is 11.6 Å². The maximum absolute atomic E-state index is 13.7. The van der Waals surface area contributed by atoms with Crippen molar-refractivity contribution >= 4 is 23.4 Å². The quantitative estimate of drug-likeness (QED) is 0.889. The molecule has 1 heterocycles. The van der Waals surface area contributed by atoms with Gasteiger partial charge in [-0.05, 0) is 18.2 Å². The van der Waals surface area contributed by atoms with Gasteiger partial charge in [-0.3, -0.25) is 4.79 Å². The molecule has 2 rings (SSSR count). The Morgan fingerprint density at radius 3 is 2.67 bits per heavy atom. The Hall–Kier alpha value is -2.14. The first-order valence-corrected chi connectivity index (χ1v) is 6.76. The monoisotopic (exact) mass is 308 g/mol. The van der Waals surface area contributed by atoms with Gasteiger partial charge in [0.15, 0.2) is 0 Å². The highest BCUT2D eigenvalue weighted by Gasteiger charge is 2.13. The summed E-state index contributed by atoms with van der Waals surface area (Å²) in [7, 11) is 0. The molecule has 1 aromatic carbocycles. The summed E-state index contributed by atoms with van der Waals surface area (Å²) in [5.41, 5.74) is 0.486. The number of carbonyl (C=O) groups is 1. The number of aliphatic carboxylic acids is 1. The standard InChI is InChI=1S/C15H14ClFN2O2/c16-12-5-6-14(18-9-12)19(8-7-15(20)21)10-11-3-1-2-4-13(11)17/h1-6,9H,7-8,10H2,(H,20,21). The Labute approximate surface area is 126 Å². The molecule has 2 aromatic rings. The highest BCUT2D eigenvalue weighted by atomic mass is 35.5. The van der Waals surface area contributed by atoms with Crippen LogP contribution in [0.2, 0.25) is 5.02 Å². The van der Waals surface area contributed by atoms with E-state index in [0.717, 1.165) is 0 Å². The zero-order chi connectivity index (χ0) is 15.2. The van der Waals surface area contributed by atoms with Crippen molar-refractivity contribution in [1.82, 2.24) is 4.98 Å². The van der Waals surface area contributed by atoms with Crippen LogP contribution in [-0.2, 0) is 11.3 Å². The number of aromatic nitrogens is 1. The summed E-state index contributed by atoms with van der Waals surface area (Å²) in [6.07, 6.45) is 1.42. The zero-order valence-corrected chi connectivity index (χ0v) is 11.9. The van der Waals surface area contributed by atoms with Crippen molar-refractivity contribution in [2.75, 3.05) is 11.4 Å². The van der Waals surface area contributed by atoms with Crippen molar-refractivity contribution in [2.24, 2.45) is 0 Å². The molecule has 6 heteroatoms. The van der Waals surface area contributed by atoms with Gasteiger partial charge in [-0.25, -0.2) is 9.37 Å². The molecular weight excluding hydrogens is 295 g/mol. The summed E-state index contributed by atoms with van der Waals surface area (Å²) in [5.74, 6) is -0.682. The van der Waals surface area contributed by atoms with E-state index in [1.807, 2.05) is 0 Å². The van der Waals surface area contributed by atoms with Crippen molar-refractivity contribution in [1.29, 1.82) is 0 Å². The van der Waals surface area contributed by atoms with Gasteiger partial charge in [0.2, 0.25) is 0 Å². The number of carboxylic acid groups (broad SMARTS) is 1. The molecule has 0 bridgehead atoms. The van der Waals surface area contributed by atoms with Crippen molar-refractivity contribution < 1.29 is 14.3 Å². The van der Waals surface area contributed by atoms with Crippen molar-refractivity contribution in [3.63, 3.8) is 0 Å². The van der Waals surface area contributed by atoms with Crippen LogP contribution in [0.1, 0.15) is 12.0 Å². The van der Waals surface area contributed by atoms with Crippen LogP contribution in [0, 0.1) is 5.82 Å². The van der Waals surface area contributed by atoms with Crippen molar-refractivity contribution in [3.05, 3.63) is 59.0 Å². The highest BCUT2D eigenvalue weighted by molar-refractivity contribution is 6.30. The predicted octanol–water partition coefficient (Wildman–Crippen LogP) is 3.36. The lowest BCUT2D eigenvalue weighted by Gasteiger charge is -2.23. The van der Waals surface area contributed by atoms with E-state index in [0.29, 0.717) is 16.4 Å². The molecule has 0 aliphatic rings. The van der Waals surface area contributed by atoms with E-state index >= 15 is 0 Å². The fraction of sp³-hybridized carbons (Fsp3) is 0.200. The van der Waals surface area contributed by atoms with E-state index in [1.54, 1.807) is 35.2 Å². The van der Waals surface area contributed by atoms with Gasteiger partial charge >= 0.3 is 5.97 Å². The van der Waals surface area contributed by atoms with Gasteiger partial charge in [-0.2, -0.15) is 0 Å². The topological polar surface area (TPSA) is 53.4 Å². The maximum Gasteiger partial charge on any atom is 0.305 e. The first kappa shape index (κ1) is 15.3. The minimum Gasteiger partial charge on any atom is -0.481 e. The molecule has 0 saturated heterocycles. The van der Waals surface area contributed by atoms with Crippen LogP contribution in [0.4, 0.5) is 10.2 Å². The summed E-state index contributed by atoms with van der Waals surface area (Å²) in [6.45, 7) is 0.479. The van der Waals surface area contributed by atoms with Crippen LogP contribution < -0.4 is 4.90 Å². The van der Waals surface area contributed by atoms with Gasteiger partial charge in [0.05, 0.1) is 11.4 Å². The number of pyridine rings is 1. The summed E-state index contributed by atoms with van der Waals surface area (Å²) >= 11 is 5.79. The lowest BCUT2D eigenvalue weighted by molar-refractivity contribution is -0.136. The summed E-state index contributed by atoms with van der Waals surface area (Å²) in [4.78, 5) is 16.6. The van der Waals surface area contributed by atoms with E-state index in [9.17, 15) is 9.18 Å². The number of hydrogen-bond acceptors (Lipinski definition) is 3. The molecule has 4 nitrogen and oxygen atoms in total. The molecule has 0 saturated carbocycles. The number of hydrogen-bond donors (Lipinski definition) is 1. The van der Waals surface area contributed by atoms with E-state index in [-0.39, 0.29) is 25.3 Å². The molecule has 21 heavy (non-hydrogen) atoms. The Balaban J connectivity index is 2.21. The van der Waals surface area contributed by atoms with Gasteiger partial charge in [0, 0.05) is 24.8 Å². The second-order valence-corrected chi connectivity index (χ2v) is 4.93. The predicted molar refractivity (Wildman–Crippen MR) is 78.9 cm³/mol. The average molecular weight is 309 g/mol. The lowest BCUT2D eigenvalue weighted by atomic mass is 10.2. The van der Waals surface area contributed by atoms with Gasteiger partial charge in [0.1, 0.15) is 11.6 Å². The van der Waals surface area contributed by atoms with Crippen LogP contribution in [-0.4, -0.2) is 22.6 Å². The van der Waals surface area contributed by atoms with E-state index < -0.39 is 5.97 Å². The van der Waals surface area contributed by atoms with Gasteiger partial charge in [-0.1, -0.05) is 29.8 Å². The van der Waals surface area contributed by atoms with E-state index in [1.165, 1.54) is 12.3 Å². The minimum absolute atomic E-state index is 0.0568. The number of nitrogens with zero attached hydrogens (tertiary/aromatic N) is 2. The molecule has 0 fully saturated rings. The van der Waals surface area contributed by atoms with Crippen LogP contribution in [0.3, 0.4) is 0 Å². The smallest absolute Gasteiger partial charge is 0.305 e. The Morgan fingerprint density at radius 1 is 1.29 bits per heavy atom. The largest absolute Gasteiger partial charge is 0.481 e. The number of carboxylic acids is 1. The fourth-order valence-electron chi connectivity index (χ4n) is 1.89. The first-order chi connectivity index (χ1) is 10.1. The molecule has 0 radical (unpaired) electrons. The highest BCUT2D eigenvalue weighted by Crippen LogP contribution is 2.18. The van der Waals surface area contributed by atoms with Crippen LogP contribution in [0.25, 0.3) is 0 Å². The second-order valence-electron chi connectivity index (χ2n) is 4.49. The molecule has 0 atom stereocenters. The molecular formula is C15H14ClFN2O2. The molecule has 0 amide bonds. The molecule has 1 N–H and O–H groups in total. The molecule has 110 valence electrons. The lowest BCUT2D eigenvalue weighted by Crippen LogP contribution is -2.27. The van der Waals surface area contributed by atoms with Crippen LogP contribution in [0.5, 0.6) is 0 Å². The van der Waals surface area contributed by atoms with Gasteiger partial charge in [-0.15, -0.1) is 0 Å². The summed E-state index contributed by atoms with van der Waals surface area (Å²) in [5, 5.41) is 9.32. The maximum atomic E-state index is 13.7. The van der Waals surface area contributed by atoms with E-state index in [2.05, 4.69) is 4.98 Å². The number of halogens is 2. The fourth-order valence-corrected chi connectivity index (χ4v) is 2.00. The molecule has 0 aliphatic heterocycles. The number of benzene rings is 1. The van der Waals surface area contributed by atoms with E-state index in [4.69, 9.17) is 16.7 Å². The Bertz CT molecular complexity index is 619. The van der Waals surface area contributed by atoms with Gasteiger partial charge in [0.25, 0.3) is 0 Å². The molecule has 0 aliphatic carbocycles. The van der Waals surface area contributed by atoms with Crippen molar-refractivity contribution in [3.8, 4) is 0 Å². The van der Waals surface area contributed by atoms with Crippen LogP contribution in [0.15, 0.2) is 42.6 Å². The number of rotatable bonds is 6. The third-order valence-corrected chi connectivity index (χ3v) is 3.17. The Kier molecular flexibility index (Phi) is 5.11. The minimum atomic E-state index is -0.914. The summed E-state index contributed by atoms with van der Waals surface area (Å²) < 4.78 is 13.7. The third kappa shape index (κ3) is 4.43. The first-order valence-electron chi connectivity index (χ1n) is 6.38. The zero-order valence-electron chi connectivity index (χ0n) is 11.2. The number of anilines is 1. The molecule has 0 spiro atoms. The third-order valence-electron chi connectivity index (χ3n) is 2.95.